The lowest BCUT2D eigenvalue weighted by Crippen LogP contribution is -2.51. The molecular formula is C17H23F5N4. The van der Waals surface area contributed by atoms with Crippen molar-refractivity contribution in [1.29, 1.82) is 0 Å². The second kappa shape index (κ2) is 9.16. The minimum Gasteiger partial charge on any atom is -0.356 e. The molecule has 1 heterocycles. The highest BCUT2D eigenvalue weighted by Gasteiger charge is 2.27. The summed E-state index contributed by atoms with van der Waals surface area (Å²) in [6.07, 6.45) is -3.56. The van der Waals surface area contributed by atoms with Crippen molar-refractivity contribution in [2.45, 2.75) is 38.0 Å². The number of alkyl halides is 3. The third-order valence-corrected chi connectivity index (χ3v) is 4.21. The smallest absolute Gasteiger partial charge is 0.356 e. The zero-order chi connectivity index (χ0) is 19.2. The summed E-state index contributed by atoms with van der Waals surface area (Å²) in [5.74, 6) is -0.868. The van der Waals surface area contributed by atoms with Crippen LogP contribution in [0.2, 0.25) is 0 Å². The number of aliphatic imine (C=N–C) groups is 1. The van der Waals surface area contributed by atoms with Crippen molar-refractivity contribution < 1.29 is 22.0 Å². The van der Waals surface area contributed by atoms with Crippen LogP contribution >= 0.6 is 0 Å². The van der Waals surface area contributed by atoms with Gasteiger partial charge in [-0.3, -0.25) is 9.89 Å². The Hall–Kier alpha value is -1.90. The summed E-state index contributed by atoms with van der Waals surface area (Å²) in [4.78, 5) is 5.85. The van der Waals surface area contributed by atoms with Crippen LogP contribution in [0.15, 0.2) is 23.2 Å². The highest BCUT2D eigenvalue weighted by Crippen LogP contribution is 2.19. The van der Waals surface area contributed by atoms with Crippen molar-refractivity contribution in [1.82, 2.24) is 15.5 Å². The van der Waals surface area contributed by atoms with E-state index in [9.17, 15) is 22.0 Å². The number of nitrogens with zero attached hydrogens (tertiary/aromatic N) is 2. The van der Waals surface area contributed by atoms with Crippen molar-refractivity contribution in [3.8, 4) is 0 Å². The average molecular weight is 378 g/mol. The number of likely N-dealkylation sites (tertiary alicyclic amines) is 1. The van der Waals surface area contributed by atoms with Gasteiger partial charge < -0.3 is 10.6 Å². The zero-order valence-corrected chi connectivity index (χ0v) is 14.5. The predicted octanol–water partition coefficient (Wildman–Crippen LogP) is 3.05. The van der Waals surface area contributed by atoms with E-state index in [-0.39, 0.29) is 30.7 Å². The maximum absolute atomic E-state index is 13.8. The highest BCUT2D eigenvalue weighted by molar-refractivity contribution is 5.79. The van der Waals surface area contributed by atoms with Gasteiger partial charge >= 0.3 is 6.18 Å². The monoisotopic (exact) mass is 378 g/mol. The van der Waals surface area contributed by atoms with Crippen LogP contribution in [0.1, 0.15) is 24.8 Å². The number of hydrogen-bond donors (Lipinski definition) is 2. The van der Waals surface area contributed by atoms with E-state index in [4.69, 9.17) is 0 Å². The molecule has 2 N–H and O–H groups in total. The molecule has 1 aliphatic rings. The SMILES string of the molecule is CN=C(NCCC(F)(F)F)NC1CCCN(Cc2c(F)cccc2F)C1. The molecule has 1 atom stereocenters. The van der Waals surface area contributed by atoms with Crippen molar-refractivity contribution in [3.63, 3.8) is 0 Å². The maximum Gasteiger partial charge on any atom is 0.390 e. The fourth-order valence-electron chi connectivity index (χ4n) is 2.93. The number of hydrogen-bond acceptors (Lipinski definition) is 2. The minimum absolute atomic E-state index is 0.0286. The van der Waals surface area contributed by atoms with Gasteiger partial charge in [0.1, 0.15) is 11.6 Å². The fraction of sp³-hybridized carbons (Fsp3) is 0.588. The van der Waals surface area contributed by atoms with Crippen molar-refractivity contribution in [2.75, 3.05) is 26.7 Å². The lowest BCUT2D eigenvalue weighted by Gasteiger charge is -2.34. The van der Waals surface area contributed by atoms with Gasteiger partial charge in [0.15, 0.2) is 5.96 Å². The number of rotatable bonds is 5. The van der Waals surface area contributed by atoms with Gasteiger partial charge in [-0.15, -0.1) is 0 Å². The van der Waals surface area contributed by atoms with E-state index in [1.807, 2.05) is 4.90 Å². The standard InChI is InChI=1S/C17H23F5N4/c1-23-16(24-8-7-17(20,21)22)25-12-4-3-9-26(10-12)11-13-14(18)5-2-6-15(13)19/h2,5-6,12H,3-4,7-11H2,1H3,(H2,23,24,25). The lowest BCUT2D eigenvalue weighted by molar-refractivity contribution is -0.132. The Balaban J connectivity index is 1.87. The summed E-state index contributed by atoms with van der Waals surface area (Å²) in [5, 5.41) is 5.72. The largest absolute Gasteiger partial charge is 0.390 e. The van der Waals surface area contributed by atoms with Crippen LogP contribution in [0.5, 0.6) is 0 Å². The number of halogens is 5. The van der Waals surface area contributed by atoms with E-state index < -0.39 is 24.2 Å². The molecule has 0 aromatic heterocycles. The Kier molecular flexibility index (Phi) is 7.19. The molecule has 1 unspecified atom stereocenters. The van der Waals surface area contributed by atoms with E-state index in [1.165, 1.54) is 25.2 Å². The first-order valence-electron chi connectivity index (χ1n) is 8.47. The van der Waals surface area contributed by atoms with Crippen LogP contribution in [0.3, 0.4) is 0 Å². The zero-order valence-electron chi connectivity index (χ0n) is 14.5. The molecule has 9 heteroatoms. The number of nitrogens with one attached hydrogen (secondary N) is 2. The van der Waals surface area contributed by atoms with Crippen molar-refractivity contribution in [2.24, 2.45) is 4.99 Å². The molecule has 1 aliphatic heterocycles. The van der Waals surface area contributed by atoms with Crippen molar-refractivity contribution in [3.05, 3.63) is 35.4 Å². The van der Waals surface area contributed by atoms with Crippen LogP contribution in [0.4, 0.5) is 22.0 Å². The second-order valence-electron chi connectivity index (χ2n) is 6.28. The summed E-state index contributed by atoms with van der Waals surface area (Å²) < 4.78 is 64.3. The van der Waals surface area contributed by atoms with Gasteiger partial charge in [-0.05, 0) is 31.5 Å². The first-order valence-corrected chi connectivity index (χ1v) is 8.47. The molecule has 0 saturated carbocycles. The first kappa shape index (κ1) is 20.4. The molecule has 0 aliphatic carbocycles. The molecule has 1 saturated heterocycles. The van der Waals surface area contributed by atoms with Gasteiger partial charge in [-0.1, -0.05) is 6.07 Å². The molecule has 0 spiro atoms. The van der Waals surface area contributed by atoms with E-state index in [2.05, 4.69) is 15.6 Å². The Labute approximate surface area is 149 Å². The molecular weight excluding hydrogens is 355 g/mol. The van der Waals surface area contributed by atoms with E-state index in [0.717, 1.165) is 12.8 Å². The maximum atomic E-state index is 13.8. The third kappa shape index (κ3) is 6.44. The molecule has 0 radical (unpaired) electrons. The van der Waals surface area contributed by atoms with Crippen LogP contribution < -0.4 is 10.6 Å². The molecule has 26 heavy (non-hydrogen) atoms. The van der Waals surface area contributed by atoms with Gasteiger partial charge in [0, 0.05) is 38.3 Å². The third-order valence-electron chi connectivity index (χ3n) is 4.21. The Bertz CT molecular complexity index is 597. The first-order chi connectivity index (χ1) is 12.3. The lowest BCUT2D eigenvalue weighted by atomic mass is 10.0. The summed E-state index contributed by atoms with van der Waals surface area (Å²) in [6.45, 7) is 1.11. The van der Waals surface area contributed by atoms with Gasteiger partial charge in [0.25, 0.3) is 0 Å². The molecule has 2 rings (SSSR count). The molecule has 4 nitrogen and oxygen atoms in total. The quantitative estimate of drug-likeness (QED) is 0.470. The second-order valence-corrected chi connectivity index (χ2v) is 6.28. The summed E-state index contributed by atoms with van der Waals surface area (Å²) in [7, 11) is 1.48. The van der Waals surface area contributed by atoms with Crippen LogP contribution in [0, 0.1) is 11.6 Å². The Morgan fingerprint density at radius 1 is 1.27 bits per heavy atom. The minimum atomic E-state index is -4.22. The molecule has 1 aromatic carbocycles. The number of guanidine groups is 1. The molecule has 0 amide bonds. The predicted molar refractivity (Wildman–Crippen MR) is 89.8 cm³/mol. The Morgan fingerprint density at radius 3 is 2.58 bits per heavy atom. The number of benzene rings is 1. The van der Waals surface area contributed by atoms with Crippen LogP contribution in [-0.2, 0) is 6.54 Å². The number of piperidine rings is 1. The van der Waals surface area contributed by atoms with Gasteiger partial charge in [-0.25, -0.2) is 8.78 Å². The average Bonchev–Trinajstić information content (AvgIpc) is 2.57. The molecule has 0 bridgehead atoms. The van der Waals surface area contributed by atoms with E-state index in [1.54, 1.807) is 0 Å². The molecule has 1 aromatic rings. The highest BCUT2D eigenvalue weighted by atomic mass is 19.4. The van der Waals surface area contributed by atoms with Crippen LogP contribution in [0.25, 0.3) is 0 Å². The van der Waals surface area contributed by atoms with Crippen LogP contribution in [-0.4, -0.2) is 49.8 Å². The van der Waals surface area contributed by atoms with Crippen molar-refractivity contribution >= 4 is 5.96 Å². The molecule has 146 valence electrons. The van der Waals surface area contributed by atoms with E-state index >= 15 is 0 Å². The fourth-order valence-corrected chi connectivity index (χ4v) is 2.93. The Morgan fingerprint density at radius 2 is 1.96 bits per heavy atom. The summed E-state index contributed by atoms with van der Waals surface area (Å²) in [6, 6.07) is 3.72. The normalized spacial score (nSPS) is 19.5. The topological polar surface area (TPSA) is 39.7 Å². The van der Waals surface area contributed by atoms with Gasteiger partial charge in [0.05, 0.1) is 6.42 Å². The van der Waals surface area contributed by atoms with E-state index in [0.29, 0.717) is 13.1 Å². The summed E-state index contributed by atoms with van der Waals surface area (Å²) in [5.41, 5.74) is 0.0286. The summed E-state index contributed by atoms with van der Waals surface area (Å²) >= 11 is 0. The molecule has 1 fully saturated rings. The van der Waals surface area contributed by atoms with Gasteiger partial charge in [0.2, 0.25) is 0 Å². The van der Waals surface area contributed by atoms with Gasteiger partial charge in [-0.2, -0.15) is 13.2 Å².